The Bertz CT molecular complexity index is 457. The van der Waals surface area contributed by atoms with Crippen molar-refractivity contribution in [2.45, 2.75) is 23.8 Å². The molecule has 0 N–H and O–H groups in total. The Hall–Kier alpha value is -0.930. The fourth-order valence-corrected chi connectivity index (χ4v) is 2.16. The second kappa shape index (κ2) is 5.15. The molecule has 17 heavy (non-hydrogen) atoms. The van der Waals surface area contributed by atoms with Crippen LogP contribution >= 0.6 is 24.2 Å². The maximum atomic E-state index is 12.3. The van der Waals surface area contributed by atoms with Crippen LogP contribution in [-0.2, 0) is 0 Å². The van der Waals surface area contributed by atoms with Crippen LogP contribution in [0.4, 0.5) is 0 Å². The van der Waals surface area contributed by atoms with Crippen LogP contribution in [0.2, 0.25) is 5.02 Å². The minimum atomic E-state index is -0.0340. The number of rotatable bonds is 4. The Morgan fingerprint density at radius 1 is 1.59 bits per heavy atom. The number of hydrogen-bond acceptors (Lipinski definition) is 2. The fourth-order valence-electron chi connectivity index (χ4n) is 1.75. The summed E-state index contributed by atoms with van der Waals surface area (Å²) in [6, 6.07) is 5.54. The van der Waals surface area contributed by atoms with Crippen molar-refractivity contribution in [2.24, 2.45) is 0 Å². The quantitative estimate of drug-likeness (QED) is 0.655. The van der Waals surface area contributed by atoms with Crippen LogP contribution in [-0.4, -0.2) is 23.4 Å². The van der Waals surface area contributed by atoms with E-state index in [0.29, 0.717) is 23.2 Å². The van der Waals surface area contributed by atoms with Crippen molar-refractivity contribution >= 4 is 30.1 Å². The second-order valence-corrected chi connectivity index (χ2v) is 5.07. The smallest absolute Gasteiger partial charge is 0.255 e. The van der Waals surface area contributed by atoms with Gasteiger partial charge in [0.25, 0.3) is 5.91 Å². The van der Waals surface area contributed by atoms with Crippen molar-refractivity contribution in [1.29, 1.82) is 0 Å². The summed E-state index contributed by atoms with van der Waals surface area (Å²) in [6.45, 7) is 4.25. The van der Waals surface area contributed by atoms with Crippen LogP contribution < -0.4 is 0 Å². The predicted molar refractivity (Wildman–Crippen MR) is 73.0 cm³/mol. The summed E-state index contributed by atoms with van der Waals surface area (Å²) >= 11 is 10.3. The lowest BCUT2D eigenvalue weighted by molar-refractivity contribution is 0.0762. The zero-order chi connectivity index (χ0) is 12.4. The van der Waals surface area contributed by atoms with Crippen LogP contribution in [0.3, 0.4) is 0 Å². The van der Waals surface area contributed by atoms with Crippen LogP contribution in [0, 0.1) is 0 Å². The number of nitrogens with zero attached hydrogens (tertiary/aromatic N) is 1. The molecule has 1 aromatic rings. The third kappa shape index (κ3) is 2.85. The van der Waals surface area contributed by atoms with E-state index in [9.17, 15) is 4.79 Å². The van der Waals surface area contributed by atoms with Crippen LogP contribution in [0.15, 0.2) is 35.7 Å². The molecule has 90 valence electrons. The number of benzene rings is 1. The summed E-state index contributed by atoms with van der Waals surface area (Å²) < 4.78 is 0. The number of hydrogen-bond donors (Lipinski definition) is 1. The Kier molecular flexibility index (Phi) is 3.79. The van der Waals surface area contributed by atoms with Crippen molar-refractivity contribution < 1.29 is 4.79 Å². The van der Waals surface area contributed by atoms with E-state index in [1.807, 2.05) is 4.90 Å². The molecule has 4 heteroatoms. The lowest BCUT2D eigenvalue weighted by Gasteiger charge is -2.21. The van der Waals surface area contributed by atoms with E-state index in [2.05, 4.69) is 19.2 Å². The number of amides is 1. The molecular weight excluding hydrogens is 254 g/mol. The summed E-state index contributed by atoms with van der Waals surface area (Å²) in [5.74, 6) is -0.0340. The molecule has 1 aromatic carbocycles. The summed E-state index contributed by atoms with van der Waals surface area (Å²) in [5.41, 5.74) is 0.521. The van der Waals surface area contributed by atoms with E-state index in [1.165, 1.54) is 0 Å². The molecule has 0 aromatic heterocycles. The van der Waals surface area contributed by atoms with Gasteiger partial charge in [0.2, 0.25) is 0 Å². The van der Waals surface area contributed by atoms with Gasteiger partial charge in [-0.1, -0.05) is 17.7 Å². The summed E-state index contributed by atoms with van der Waals surface area (Å²) in [5, 5.41) is 0.475. The zero-order valence-electron chi connectivity index (χ0n) is 9.40. The zero-order valence-corrected chi connectivity index (χ0v) is 11.0. The molecule has 1 aliphatic rings. The van der Waals surface area contributed by atoms with E-state index in [4.69, 9.17) is 11.6 Å². The monoisotopic (exact) mass is 267 g/mol. The fraction of sp³-hybridized carbons (Fsp3) is 0.308. The first-order valence-corrected chi connectivity index (χ1v) is 6.36. The normalized spacial score (nSPS) is 14.5. The van der Waals surface area contributed by atoms with Crippen LogP contribution in [0.5, 0.6) is 0 Å². The molecule has 0 atom stereocenters. The molecule has 0 spiro atoms. The van der Waals surface area contributed by atoms with E-state index in [-0.39, 0.29) is 5.91 Å². The van der Waals surface area contributed by atoms with Gasteiger partial charge in [0.05, 0.1) is 10.6 Å². The molecule has 1 aliphatic carbocycles. The number of thiol groups is 1. The maximum absolute atomic E-state index is 12.3. The Balaban J connectivity index is 2.27. The molecule has 2 rings (SSSR count). The van der Waals surface area contributed by atoms with Crippen molar-refractivity contribution in [2.75, 3.05) is 6.54 Å². The van der Waals surface area contributed by atoms with E-state index < -0.39 is 0 Å². The predicted octanol–water partition coefficient (Wildman–Crippen LogP) is 3.42. The minimum Gasteiger partial charge on any atom is -0.332 e. The topological polar surface area (TPSA) is 20.3 Å². The van der Waals surface area contributed by atoms with Gasteiger partial charge in [-0.05, 0) is 31.0 Å². The number of halogens is 1. The highest BCUT2D eigenvalue weighted by Gasteiger charge is 2.32. The molecule has 1 fully saturated rings. The van der Waals surface area contributed by atoms with E-state index >= 15 is 0 Å². The summed E-state index contributed by atoms with van der Waals surface area (Å²) in [7, 11) is 0. The van der Waals surface area contributed by atoms with E-state index in [0.717, 1.165) is 17.7 Å². The van der Waals surface area contributed by atoms with E-state index in [1.54, 1.807) is 24.3 Å². The molecule has 0 unspecified atom stereocenters. The van der Waals surface area contributed by atoms with Gasteiger partial charge in [-0.25, -0.2) is 0 Å². The van der Waals surface area contributed by atoms with Gasteiger partial charge in [0, 0.05) is 17.5 Å². The first-order chi connectivity index (χ1) is 8.13. The van der Waals surface area contributed by atoms with Crippen molar-refractivity contribution in [3.63, 3.8) is 0 Å². The second-order valence-electron chi connectivity index (χ2n) is 4.14. The van der Waals surface area contributed by atoms with Crippen molar-refractivity contribution in [3.05, 3.63) is 41.4 Å². The Morgan fingerprint density at radius 2 is 2.29 bits per heavy atom. The standard InChI is InChI=1S/C13H14ClNOS/c1-2-7-15(9-3-4-9)13(16)11-8-10(17)5-6-12(11)14/h2,5-6,8-9,17H,1,3-4,7H2. The lowest BCUT2D eigenvalue weighted by Crippen LogP contribution is -2.33. The maximum Gasteiger partial charge on any atom is 0.255 e. The molecule has 2 nitrogen and oxygen atoms in total. The molecule has 0 heterocycles. The molecule has 1 amide bonds. The van der Waals surface area contributed by atoms with Gasteiger partial charge in [0.1, 0.15) is 0 Å². The first kappa shape index (κ1) is 12.5. The van der Waals surface area contributed by atoms with Crippen molar-refractivity contribution in [1.82, 2.24) is 4.90 Å². The third-order valence-electron chi connectivity index (χ3n) is 2.75. The SMILES string of the molecule is C=CCN(C(=O)c1cc(S)ccc1Cl)C1CC1. The third-order valence-corrected chi connectivity index (χ3v) is 3.36. The summed E-state index contributed by atoms with van der Waals surface area (Å²) in [4.78, 5) is 14.9. The van der Waals surface area contributed by atoms with Gasteiger partial charge in [-0.2, -0.15) is 0 Å². The molecule has 0 bridgehead atoms. The van der Waals surface area contributed by atoms with Gasteiger partial charge < -0.3 is 4.90 Å². The molecule has 0 radical (unpaired) electrons. The average Bonchev–Trinajstić information content (AvgIpc) is 3.12. The highest BCUT2D eigenvalue weighted by atomic mass is 35.5. The van der Waals surface area contributed by atoms with Crippen LogP contribution in [0.1, 0.15) is 23.2 Å². The van der Waals surface area contributed by atoms with Gasteiger partial charge in [-0.3, -0.25) is 4.79 Å². The molecule has 1 saturated carbocycles. The van der Waals surface area contributed by atoms with Gasteiger partial charge >= 0.3 is 0 Å². The lowest BCUT2D eigenvalue weighted by atomic mass is 10.2. The number of carbonyl (C=O) groups is 1. The number of carbonyl (C=O) groups excluding carboxylic acids is 1. The summed E-state index contributed by atoms with van der Waals surface area (Å²) in [6.07, 6.45) is 3.88. The van der Waals surface area contributed by atoms with Gasteiger partial charge in [-0.15, -0.1) is 19.2 Å². The molecular formula is C13H14ClNOS. The first-order valence-electron chi connectivity index (χ1n) is 5.54. The van der Waals surface area contributed by atoms with Crippen LogP contribution in [0.25, 0.3) is 0 Å². The molecule has 0 aliphatic heterocycles. The minimum absolute atomic E-state index is 0.0340. The average molecular weight is 268 g/mol. The highest BCUT2D eigenvalue weighted by molar-refractivity contribution is 7.80. The Morgan fingerprint density at radius 3 is 2.88 bits per heavy atom. The van der Waals surface area contributed by atoms with Crippen molar-refractivity contribution in [3.8, 4) is 0 Å². The highest BCUT2D eigenvalue weighted by Crippen LogP contribution is 2.30. The van der Waals surface area contributed by atoms with Gasteiger partial charge in [0.15, 0.2) is 0 Å². The largest absolute Gasteiger partial charge is 0.332 e. The Labute approximate surface area is 112 Å². The molecule has 0 saturated heterocycles.